The zero-order chi connectivity index (χ0) is 22.2. The highest BCUT2D eigenvalue weighted by Crippen LogP contribution is 2.28. The summed E-state index contributed by atoms with van der Waals surface area (Å²) in [6, 6.07) is 22.6. The lowest BCUT2D eigenvalue weighted by Gasteiger charge is -2.11. The molecule has 6 heteroatoms. The number of anilines is 1. The van der Waals surface area contributed by atoms with Crippen molar-refractivity contribution in [2.75, 3.05) is 4.90 Å². The van der Waals surface area contributed by atoms with Crippen LogP contribution in [-0.2, 0) is 11.3 Å². The molecule has 1 aliphatic heterocycles. The third-order valence-corrected chi connectivity index (χ3v) is 5.81. The van der Waals surface area contributed by atoms with Crippen LogP contribution < -0.4 is 10.2 Å². The van der Waals surface area contributed by atoms with Gasteiger partial charge >= 0.3 is 6.03 Å². The summed E-state index contributed by atoms with van der Waals surface area (Å²) in [5.74, 6) is -0.396. The number of halogens is 1. The molecule has 1 saturated heterocycles. The van der Waals surface area contributed by atoms with E-state index in [1.165, 1.54) is 11.1 Å². The van der Waals surface area contributed by atoms with Crippen molar-refractivity contribution >= 4 is 46.2 Å². The van der Waals surface area contributed by atoms with Crippen LogP contribution >= 0.6 is 11.6 Å². The second kappa shape index (κ2) is 8.02. The predicted molar refractivity (Wildman–Crippen MR) is 128 cm³/mol. The standard InChI is InChI=1S/C26H20ClN3O2/c1-17-6-8-18(9-7-17)15-29-16-19(22-4-2-3-5-24(22)29)14-23-25(31)30(26(32)28-23)21-12-10-20(27)11-13-21/h2-14,16H,15H2,1H3,(H,28,32)/b23-14+. The van der Waals surface area contributed by atoms with Crippen LogP contribution in [0.2, 0.25) is 5.02 Å². The second-order valence-electron chi connectivity index (χ2n) is 7.82. The molecule has 2 heterocycles. The van der Waals surface area contributed by atoms with Crippen molar-refractivity contribution < 1.29 is 9.59 Å². The quantitative estimate of drug-likeness (QED) is 0.324. The van der Waals surface area contributed by atoms with Crippen molar-refractivity contribution in [3.8, 4) is 0 Å². The van der Waals surface area contributed by atoms with Crippen LogP contribution in [0.3, 0.4) is 0 Å². The topological polar surface area (TPSA) is 54.3 Å². The molecule has 1 fully saturated rings. The number of benzene rings is 3. The van der Waals surface area contributed by atoms with E-state index in [1.807, 2.05) is 24.4 Å². The zero-order valence-corrected chi connectivity index (χ0v) is 18.1. The molecule has 0 spiro atoms. The van der Waals surface area contributed by atoms with Gasteiger partial charge < -0.3 is 9.88 Å². The molecule has 0 atom stereocenters. The van der Waals surface area contributed by atoms with Crippen LogP contribution in [-0.4, -0.2) is 16.5 Å². The summed E-state index contributed by atoms with van der Waals surface area (Å²) in [7, 11) is 0. The average Bonchev–Trinajstić information content (AvgIpc) is 3.27. The van der Waals surface area contributed by atoms with Crippen LogP contribution in [0.5, 0.6) is 0 Å². The fraction of sp³-hybridized carbons (Fsp3) is 0.0769. The van der Waals surface area contributed by atoms with E-state index in [0.29, 0.717) is 17.3 Å². The number of carbonyl (C=O) groups excluding carboxylic acids is 2. The van der Waals surface area contributed by atoms with Crippen LogP contribution in [0.15, 0.2) is 84.7 Å². The van der Waals surface area contributed by atoms with Crippen LogP contribution in [0.1, 0.15) is 16.7 Å². The Morgan fingerprint density at radius 1 is 0.938 bits per heavy atom. The van der Waals surface area contributed by atoms with Crippen LogP contribution in [0.25, 0.3) is 17.0 Å². The van der Waals surface area contributed by atoms with Crippen molar-refractivity contribution in [3.05, 3.63) is 106 Å². The molecule has 3 aromatic carbocycles. The van der Waals surface area contributed by atoms with Gasteiger partial charge in [-0.05, 0) is 48.9 Å². The largest absolute Gasteiger partial charge is 0.342 e. The number of nitrogens with one attached hydrogen (secondary N) is 1. The number of para-hydroxylation sites is 1. The number of amides is 3. The molecule has 0 radical (unpaired) electrons. The van der Waals surface area contributed by atoms with E-state index in [9.17, 15) is 9.59 Å². The smallest absolute Gasteiger partial charge is 0.333 e. The molecule has 0 saturated carbocycles. The number of aryl methyl sites for hydroxylation is 1. The lowest BCUT2D eigenvalue weighted by molar-refractivity contribution is -0.113. The lowest BCUT2D eigenvalue weighted by atomic mass is 10.1. The van der Waals surface area contributed by atoms with Gasteiger partial charge in [0.25, 0.3) is 5.91 Å². The Balaban J connectivity index is 1.51. The minimum atomic E-state index is -0.480. The maximum atomic E-state index is 13.0. The summed E-state index contributed by atoms with van der Waals surface area (Å²) in [6.07, 6.45) is 3.76. The first kappa shape index (κ1) is 20.1. The highest BCUT2D eigenvalue weighted by molar-refractivity contribution is 6.31. The molecule has 0 unspecified atom stereocenters. The van der Waals surface area contributed by atoms with Crippen LogP contribution in [0, 0.1) is 6.92 Å². The van der Waals surface area contributed by atoms with Crippen molar-refractivity contribution in [2.24, 2.45) is 0 Å². The summed E-state index contributed by atoms with van der Waals surface area (Å²) in [6.45, 7) is 2.78. The Hall–Kier alpha value is -3.83. The Kier molecular flexibility index (Phi) is 5.04. The van der Waals surface area contributed by atoms with Gasteiger partial charge in [-0.3, -0.25) is 4.79 Å². The zero-order valence-electron chi connectivity index (χ0n) is 17.4. The number of rotatable bonds is 4. The Morgan fingerprint density at radius 3 is 2.41 bits per heavy atom. The van der Waals surface area contributed by atoms with E-state index >= 15 is 0 Å². The molecule has 0 bridgehead atoms. The third kappa shape index (κ3) is 3.67. The Morgan fingerprint density at radius 2 is 1.66 bits per heavy atom. The number of hydrogen-bond donors (Lipinski definition) is 1. The predicted octanol–water partition coefficient (Wildman–Crippen LogP) is 5.75. The molecule has 1 aliphatic rings. The molecule has 0 aliphatic carbocycles. The first-order valence-electron chi connectivity index (χ1n) is 10.3. The summed E-state index contributed by atoms with van der Waals surface area (Å²) >= 11 is 5.93. The molecule has 158 valence electrons. The van der Waals surface area contributed by atoms with Gasteiger partial charge in [0.15, 0.2) is 0 Å². The molecule has 32 heavy (non-hydrogen) atoms. The Labute approximate surface area is 190 Å². The van der Waals surface area contributed by atoms with E-state index in [0.717, 1.165) is 21.4 Å². The molecular formula is C26H20ClN3O2. The monoisotopic (exact) mass is 441 g/mol. The summed E-state index contributed by atoms with van der Waals surface area (Å²) in [5.41, 5.74) is 5.05. The van der Waals surface area contributed by atoms with Crippen molar-refractivity contribution in [1.82, 2.24) is 9.88 Å². The minimum Gasteiger partial charge on any atom is -0.342 e. The van der Waals surface area contributed by atoms with E-state index in [4.69, 9.17) is 11.6 Å². The first-order chi connectivity index (χ1) is 15.5. The van der Waals surface area contributed by atoms with E-state index < -0.39 is 11.9 Å². The van der Waals surface area contributed by atoms with Crippen LogP contribution in [0.4, 0.5) is 10.5 Å². The average molecular weight is 442 g/mol. The molecular weight excluding hydrogens is 422 g/mol. The molecule has 5 nitrogen and oxygen atoms in total. The van der Waals surface area contributed by atoms with E-state index in [-0.39, 0.29) is 5.70 Å². The molecule has 3 amide bonds. The lowest BCUT2D eigenvalue weighted by Crippen LogP contribution is -2.30. The van der Waals surface area contributed by atoms with Crippen molar-refractivity contribution in [3.63, 3.8) is 0 Å². The maximum Gasteiger partial charge on any atom is 0.333 e. The second-order valence-corrected chi connectivity index (χ2v) is 8.26. The van der Waals surface area contributed by atoms with Gasteiger partial charge in [-0.2, -0.15) is 0 Å². The maximum absolute atomic E-state index is 13.0. The molecule has 5 rings (SSSR count). The van der Waals surface area contributed by atoms with Gasteiger partial charge in [-0.1, -0.05) is 59.6 Å². The fourth-order valence-electron chi connectivity index (χ4n) is 3.93. The highest BCUT2D eigenvalue weighted by Gasteiger charge is 2.35. The SMILES string of the molecule is Cc1ccc(Cn2cc(/C=C3/NC(=O)N(c4ccc(Cl)cc4)C3=O)c3ccccc32)cc1. The van der Waals surface area contributed by atoms with E-state index in [2.05, 4.69) is 47.1 Å². The number of aromatic nitrogens is 1. The van der Waals surface area contributed by atoms with Crippen molar-refractivity contribution in [2.45, 2.75) is 13.5 Å². The van der Waals surface area contributed by atoms with Gasteiger partial charge in [0.2, 0.25) is 0 Å². The summed E-state index contributed by atoms with van der Waals surface area (Å²) < 4.78 is 2.16. The number of hydrogen-bond acceptors (Lipinski definition) is 2. The fourth-order valence-corrected chi connectivity index (χ4v) is 4.05. The number of nitrogens with zero attached hydrogens (tertiary/aromatic N) is 2. The summed E-state index contributed by atoms with van der Waals surface area (Å²) in [4.78, 5) is 26.6. The van der Waals surface area contributed by atoms with E-state index in [1.54, 1.807) is 30.3 Å². The number of fused-ring (bicyclic) bond motifs is 1. The highest BCUT2D eigenvalue weighted by atomic mass is 35.5. The summed E-state index contributed by atoms with van der Waals surface area (Å²) in [5, 5.41) is 4.25. The third-order valence-electron chi connectivity index (χ3n) is 5.56. The normalized spacial score (nSPS) is 15.1. The van der Waals surface area contributed by atoms with Gasteiger partial charge in [-0.15, -0.1) is 0 Å². The van der Waals surface area contributed by atoms with Gasteiger partial charge in [0, 0.05) is 34.2 Å². The molecule has 1 aromatic heterocycles. The van der Waals surface area contributed by atoms with Gasteiger partial charge in [-0.25, -0.2) is 9.69 Å². The first-order valence-corrected chi connectivity index (χ1v) is 10.6. The number of urea groups is 1. The minimum absolute atomic E-state index is 0.239. The van der Waals surface area contributed by atoms with Gasteiger partial charge in [0.05, 0.1) is 5.69 Å². The number of imide groups is 1. The number of carbonyl (C=O) groups is 2. The molecule has 1 N–H and O–H groups in total. The van der Waals surface area contributed by atoms with Crippen molar-refractivity contribution in [1.29, 1.82) is 0 Å². The Bertz CT molecular complexity index is 1370. The van der Waals surface area contributed by atoms with Gasteiger partial charge in [0.1, 0.15) is 5.70 Å². The molecule has 4 aromatic rings.